The maximum Gasteiger partial charge on any atom is 0.303 e. The van der Waals surface area contributed by atoms with Gasteiger partial charge in [0.15, 0.2) is 0 Å². The molecule has 20 heavy (non-hydrogen) atoms. The van der Waals surface area contributed by atoms with Crippen molar-refractivity contribution in [1.82, 2.24) is 0 Å². The number of ether oxygens (including phenoxy) is 1. The maximum atomic E-state index is 10.6. The van der Waals surface area contributed by atoms with E-state index in [0.29, 0.717) is 0 Å². The van der Waals surface area contributed by atoms with E-state index in [9.17, 15) is 4.79 Å². The third-order valence-corrected chi connectivity index (χ3v) is 2.86. The minimum absolute atomic E-state index is 0.149. The van der Waals surface area contributed by atoms with Gasteiger partial charge >= 0.3 is 5.97 Å². The number of aryl methyl sites for hydroxylation is 1. The molecule has 1 atom stereocenters. The summed E-state index contributed by atoms with van der Waals surface area (Å²) in [7, 11) is 0. The highest BCUT2D eigenvalue weighted by atomic mass is 16.5. The summed E-state index contributed by atoms with van der Waals surface area (Å²) in [4.78, 5) is 10.6. The lowest BCUT2D eigenvalue weighted by molar-refractivity contribution is -0.145. The fourth-order valence-electron chi connectivity index (χ4n) is 1.75. The van der Waals surface area contributed by atoms with Crippen LogP contribution in [0.3, 0.4) is 0 Å². The molecular formula is C18H22O2. The van der Waals surface area contributed by atoms with Crippen LogP contribution in [-0.4, -0.2) is 5.97 Å². The molecule has 0 saturated heterocycles. The predicted molar refractivity (Wildman–Crippen MR) is 82.4 cm³/mol. The molecule has 2 aromatic rings. The van der Waals surface area contributed by atoms with Gasteiger partial charge in [0.25, 0.3) is 0 Å². The van der Waals surface area contributed by atoms with Gasteiger partial charge in [-0.05, 0) is 24.5 Å². The van der Waals surface area contributed by atoms with Gasteiger partial charge in [0.1, 0.15) is 6.10 Å². The lowest BCUT2D eigenvalue weighted by Crippen LogP contribution is -2.04. The Kier molecular flexibility index (Phi) is 7.12. The number of esters is 1. The van der Waals surface area contributed by atoms with E-state index in [4.69, 9.17) is 4.74 Å². The van der Waals surface area contributed by atoms with E-state index >= 15 is 0 Å². The van der Waals surface area contributed by atoms with Gasteiger partial charge < -0.3 is 4.74 Å². The van der Waals surface area contributed by atoms with Gasteiger partial charge in [-0.1, -0.05) is 67.6 Å². The Labute approximate surface area is 121 Å². The minimum atomic E-state index is -0.244. The fraction of sp³-hybridized carbons (Fsp3) is 0.278. The first kappa shape index (κ1) is 16.0. The Morgan fingerprint density at radius 3 is 1.90 bits per heavy atom. The minimum Gasteiger partial charge on any atom is -0.458 e. The highest BCUT2D eigenvalue weighted by Gasteiger charge is 2.06. The molecule has 0 aromatic heterocycles. The molecule has 0 aliphatic carbocycles. The molecular weight excluding hydrogens is 248 g/mol. The van der Waals surface area contributed by atoms with Crippen molar-refractivity contribution in [3.05, 3.63) is 71.8 Å². The summed E-state index contributed by atoms with van der Waals surface area (Å²) in [5, 5.41) is 0. The summed E-state index contributed by atoms with van der Waals surface area (Å²) in [5.74, 6) is -0.244. The first-order valence-corrected chi connectivity index (χ1v) is 6.89. The molecule has 2 heteroatoms. The van der Waals surface area contributed by atoms with Crippen LogP contribution in [0.5, 0.6) is 0 Å². The van der Waals surface area contributed by atoms with E-state index in [-0.39, 0.29) is 12.1 Å². The third kappa shape index (κ3) is 6.19. The Bertz CT molecular complexity index is 491. The van der Waals surface area contributed by atoms with Crippen molar-refractivity contribution >= 4 is 5.97 Å². The lowest BCUT2D eigenvalue weighted by atomic mass is 10.1. The molecule has 2 nitrogen and oxygen atoms in total. The van der Waals surface area contributed by atoms with Crippen LogP contribution in [0, 0.1) is 0 Å². The topological polar surface area (TPSA) is 26.3 Å². The van der Waals surface area contributed by atoms with Crippen molar-refractivity contribution in [1.29, 1.82) is 0 Å². The van der Waals surface area contributed by atoms with Crippen molar-refractivity contribution < 1.29 is 9.53 Å². The summed E-state index contributed by atoms with van der Waals surface area (Å²) in [6.07, 6.45) is 0.990. The van der Waals surface area contributed by atoms with Crippen LogP contribution in [0.2, 0.25) is 0 Å². The molecule has 1 unspecified atom stereocenters. The summed E-state index contributed by atoms with van der Waals surface area (Å²) < 4.78 is 5.00. The number of hydrogen-bond acceptors (Lipinski definition) is 2. The molecule has 0 N–H and O–H groups in total. The van der Waals surface area contributed by atoms with Gasteiger partial charge in [0.2, 0.25) is 0 Å². The van der Waals surface area contributed by atoms with E-state index in [1.165, 1.54) is 12.5 Å². The molecule has 0 amide bonds. The Morgan fingerprint density at radius 2 is 1.50 bits per heavy atom. The van der Waals surface area contributed by atoms with Gasteiger partial charge in [-0.3, -0.25) is 4.79 Å². The van der Waals surface area contributed by atoms with Crippen LogP contribution in [0.25, 0.3) is 0 Å². The van der Waals surface area contributed by atoms with Crippen molar-refractivity contribution in [2.75, 3.05) is 0 Å². The van der Waals surface area contributed by atoms with Gasteiger partial charge in [0.05, 0.1) is 0 Å². The van der Waals surface area contributed by atoms with Crippen molar-refractivity contribution in [2.24, 2.45) is 0 Å². The zero-order valence-electron chi connectivity index (χ0n) is 12.4. The molecule has 2 aromatic carbocycles. The SMILES string of the molecule is CC(=O)OC(C)c1ccccc1.CCc1ccccc1. The summed E-state index contributed by atoms with van der Waals surface area (Å²) in [5.41, 5.74) is 2.43. The van der Waals surface area contributed by atoms with Crippen molar-refractivity contribution in [3.8, 4) is 0 Å². The molecule has 2 rings (SSSR count). The Hall–Kier alpha value is -2.09. The van der Waals surface area contributed by atoms with Crippen LogP contribution >= 0.6 is 0 Å². The van der Waals surface area contributed by atoms with Crippen molar-refractivity contribution in [3.63, 3.8) is 0 Å². The molecule has 0 saturated carbocycles. The molecule has 0 aliphatic heterocycles. The number of carbonyl (C=O) groups is 1. The number of carbonyl (C=O) groups excluding carboxylic acids is 1. The van der Waals surface area contributed by atoms with Crippen molar-refractivity contribution in [2.45, 2.75) is 33.3 Å². The predicted octanol–water partition coefficient (Wildman–Crippen LogP) is 4.56. The van der Waals surface area contributed by atoms with E-state index in [2.05, 4.69) is 31.2 Å². The Balaban J connectivity index is 0.000000217. The summed E-state index contributed by atoms with van der Waals surface area (Å²) >= 11 is 0. The number of benzene rings is 2. The molecule has 106 valence electrons. The van der Waals surface area contributed by atoms with Crippen LogP contribution in [0.4, 0.5) is 0 Å². The van der Waals surface area contributed by atoms with Gasteiger partial charge in [-0.15, -0.1) is 0 Å². The molecule has 0 radical (unpaired) electrons. The van der Waals surface area contributed by atoms with Gasteiger partial charge in [0, 0.05) is 6.92 Å². The largest absolute Gasteiger partial charge is 0.458 e. The highest BCUT2D eigenvalue weighted by molar-refractivity contribution is 5.66. The normalized spacial score (nSPS) is 10.9. The summed E-state index contributed by atoms with van der Waals surface area (Å²) in [6, 6.07) is 20.1. The van der Waals surface area contributed by atoms with E-state index < -0.39 is 0 Å². The second kappa shape index (κ2) is 8.92. The highest BCUT2D eigenvalue weighted by Crippen LogP contribution is 2.15. The maximum absolute atomic E-state index is 10.6. The second-order valence-electron chi connectivity index (χ2n) is 4.50. The molecule has 0 bridgehead atoms. The van der Waals surface area contributed by atoms with Crippen LogP contribution in [-0.2, 0) is 16.0 Å². The molecule has 0 aliphatic rings. The first-order chi connectivity index (χ1) is 9.63. The standard InChI is InChI=1S/C10H12O2.C8H10/c1-8(12-9(2)11)10-6-4-3-5-7-10;1-2-8-6-4-3-5-7-8/h3-8H,1-2H3;3-7H,2H2,1H3. The van der Waals surface area contributed by atoms with Gasteiger partial charge in [-0.25, -0.2) is 0 Å². The average Bonchev–Trinajstić information content (AvgIpc) is 2.49. The summed E-state index contributed by atoms with van der Waals surface area (Å²) in [6.45, 7) is 5.44. The van der Waals surface area contributed by atoms with Crippen LogP contribution in [0.15, 0.2) is 60.7 Å². The molecule has 0 spiro atoms. The molecule has 0 fully saturated rings. The Morgan fingerprint density at radius 1 is 1.00 bits per heavy atom. The lowest BCUT2D eigenvalue weighted by Gasteiger charge is -2.11. The first-order valence-electron chi connectivity index (χ1n) is 6.89. The monoisotopic (exact) mass is 270 g/mol. The third-order valence-electron chi connectivity index (χ3n) is 2.86. The smallest absolute Gasteiger partial charge is 0.303 e. The van der Waals surface area contributed by atoms with Crippen LogP contribution in [0.1, 0.15) is 38.0 Å². The van der Waals surface area contributed by atoms with E-state index in [1.54, 1.807) is 0 Å². The fourth-order valence-corrected chi connectivity index (χ4v) is 1.75. The zero-order chi connectivity index (χ0) is 14.8. The number of hydrogen-bond donors (Lipinski definition) is 0. The van der Waals surface area contributed by atoms with Gasteiger partial charge in [-0.2, -0.15) is 0 Å². The van der Waals surface area contributed by atoms with E-state index in [1.807, 2.05) is 43.3 Å². The van der Waals surface area contributed by atoms with Crippen LogP contribution < -0.4 is 0 Å². The molecule has 0 heterocycles. The second-order valence-corrected chi connectivity index (χ2v) is 4.50. The van der Waals surface area contributed by atoms with E-state index in [0.717, 1.165) is 12.0 Å². The zero-order valence-corrected chi connectivity index (χ0v) is 12.4. The number of rotatable bonds is 3. The average molecular weight is 270 g/mol. The quantitative estimate of drug-likeness (QED) is 0.764.